The molecule has 21 heavy (non-hydrogen) atoms. The Morgan fingerprint density at radius 1 is 1.29 bits per heavy atom. The molecule has 0 unspecified atom stereocenters. The standard InChI is InChI=1S/C15H27N3O3/c1-12(20)16-6-4-15(21)18-8-7-17(10-13-2-3-13)14(11-18)5-9-19/h13-14,19H,2-11H2,1H3,(H,16,20)/t14-/m1/s1. The minimum absolute atomic E-state index is 0.0951. The molecule has 120 valence electrons. The van der Waals surface area contributed by atoms with Gasteiger partial charge in [-0.1, -0.05) is 0 Å². The van der Waals surface area contributed by atoms with Crippen molar-refractivity contribution in [3.8, 4) is 0 Å². The van der Waals surface area contributed by atoms with E-state index in [-0.39, 0.29) is 24.5 Å². The molecule has 1 heterocycles. The lowest BCUT2D eigenvalue weighted by atomic mass is 10.1. The van der Waals surface area contributed by atoms with Crippen molar-refractivity contribution < 1.29 is 14.7 Å². The SMILES string of the molecule is CC(=O)NCCC(=O)N1CCN(CC2CC2)[C@H](CCO)C1. The van der Waals surface area contributed by atoms with E-state index in [1.165, 1.54) is 19.8 Å². The predicted molar refractivity (Wildman–Crippen MR) is 79.7 cm³/mol. The molecule has 0 aromatic carbocycles. The van der Waals surface area contributed by atoms with E-state index in [1.54, 1.807) is 0 Å². The largest absolute Gasteiger partial charge is 0.396 e. The van der Waals surface area contributed by atoms with Crippen LogP contribution >= 0.6 is 0 Å². The average Bonchev–Trinajstić information content (AvgIpc) is 3.24. The van der Waals surface area contributed by atoms with E-state index >= 15 is 0 Å². The summed E-state index contributed by atoms with van der Waals surface area (Å²) < 4.78 is 0. The van der Waals surface area contributed by atoms with Crippen LogP contribution in [-0.4, -0.2) is 72.1 Å². The van der Waals surface area contributed by atoms with Crippen molar-refractivity contribution in [1.29, 1.82) is 0 Å². The minimum atomic E-state index is -0.102. The Labute approximate surface area is 126 Å². The van der Waals surface area contributed by atoms with Crippen LogP contribution < -0.4 is 5.32 Å². The fraction of sp³-hybridized carbons (Fsp3) is 0.867. The molecule has 2 amide bonds. The van der Waals surface area contributed by atoms with Gasteiger partial charge < -0.3 is 15.3 Å². The van der Waals surface area contributed by atoms with Gasteiger partial charge in [0.1, 0.15) is 0 Å². The van der Waals surface area contributed by atoms with E-state index in [9.17, 15) is 14.7 Å². The monoisotopic (exact) mass is 297 g/mol. The first-order valence-corrected chi connectivity index (χ1v) is 7.97. The molecule has 0 aromatic heterocycles. The van der Waals surface area contributed by atoms with Crippen molar-refractivity contribution in [3.05, 3.63) is 0 Å². The third kappa shape index (κ3) is 5.28. The summed E-state index contributed by atoms with van der Waals surface area (Å²) in [6, 6.07) is 0.272. The van der Waals surface area contributed by atoms with Gasteiger partial charge in [-0.05, 0) is 25.2 Å². The van der Waals surface area contributed by atoms with Crippen molar-refractivity contribution in [3.63, 3.8) is 0 Å². The van der Waals surface area contributed by atoms with E-state index < -0.39 is 0 Å². The van der Waals surface area contributed by atoms with Crippen molar-refractivity contribution in [1.82, 2.24) is 15.1 Å². The normalized spacial score (nSPS) is 23.1. The highest BCUT2D eigenvalue weighted by Crippen LogP contribution is 2.31. The molecule has 1 saturated heterocycles. The molecule has 2 aliphatic rings. The Balaban J connectivity index is 1.79. The molecule has 0 bridgehead atoms. The lowest BCUT2D eigenvalue weighted by molar-refractivity contribution is -0.134. The van der Waals surface area contributed by atoms with Gasteiger partial charge in [-0.2, -0.15) is 0 Å². The Bertz CT molecular complexity index is 371. The molecular weight excluding hydrogens is 270 g/mol. The van der Waals surface area contributed by atoms with Crippen LogP contribution in [0.5, 0.6) is 0 Å². The van der Waals surface area contributed by atoms with Crippen LogP contribution in [0.15, 0.2) is 0 Å². The summed E-state index contributed by atoms with van der Waals surface area (Å²) in [6.07, 6.45) is 3.72. The van der Waals surface area contributed by atoms with Crippen molar-refractivity contribution >= 4 is 11.8 Å². The minimum Gasteiger partial charge on any atom is -0.396 e. The summed E-state index contributed by atoms with van der Waals surface area (Å²) >= 11 is 0. The fourth-order valence-corrected chi connectivity index (χ4v) is 2.92. The number of carbonyl (C=O) groups is 2. The molecule has 0 spiro atoms. The van der Waals surface area contributed by atoms with Crippen molar-refractivity contribution in [2.24, 2.45) is 5.92 Å². The molecule has 0 radical (unpaired) electrons. The summed E-state index contributed by atoms with van der Waals surface area (Å²) in [7, 11) is 0. The zero-order valence-electron chi connectivity index (χ0n) is 12.9. The molecule has 1 aliphatic carbocycles. The van der Waals surface area contributed by atoms with Gasteiger partial charge in [-0.15, -0.1) is 0 Å². The molecule has 0 aromatic rings. The number of aliphatic hydroxyl groups excluding tert-OH is 1. The Morgan fingerprint density at radius 2 is 2.05 bits per heavy atom. The predicted octanol–water partition coefficient (Wildman–Crippen LogP) is -0.182. The number of nitrogens with zero attached hydrogens (tertiary/aromatic N) is 2. The topological polar surface area (TPSA) is 72.9 Å². The smallest absolute Gasteiger partial charge is 0.224 e. The molecule has 1 atom stereocenters. The van der Waals surface area contributed by atoms with Crippen LogP contribution in [0.1, 0.15) is 32.6 Å². The first kappa shape index (κ1) is 16.2. The Kier molecular flexibility index (Phi) is 5.99. The van der Waals surface area contributed by atoms with E-state index in [0.717, 1.165) is 32.0 Å². The maximum absolute atomic E-state index is 12.2. The third-order valence-corrected chi connectivity index (χ3v) is 4.32. The van der Waals surface area contributed by atoms with Crippen molar-refractivity contribution in [2.75, 3.05) is 39.3 Å². The van der Waals surface area contributed by atoms with Crippen LogP contribution in [0.3, 0.4) is 0 Å². The van der Waals surface area contributed by atoms with Gasteiger partial charge in [0.25, 0.3) is 0 Å². The maximum Gasteiger partial charge on any atom is 0.224 e. The van der Waals surface area contributed by atoms with Crippen LogP contribution in [0.2, 0.25) is 0 Å². The van der Waals surface area contributed by atoms with Gasteiger partial charge in [-0.25, -0.2) is 0 Å². The maximum atomic E-state index is 12.2. The zero-order chi connectivity index (χ0) is 15.2. The number of amides is 2. The summed E-state index contributed by atoms with van der Waals surface area (Å²) in [5, 5.41) is 11.9. The molecular formula is C15H27N3O3. The highest BCUT2D eigenvalue weighted by atomic mass is 16.3. The average molecular weight is 297 g/mol. The van der Waals surface area contributed by atoms with Gasteiger partial charge in [-0.3, -0.25) is 14.5 Å². The highest BCUT2D eigenvalue weighted by molar-refractivity contribution is 5.78. The van der Waals surface area contributed by atoms with E-state index in [0.29, 0.717) is 19.5 Å². The van der Waals surface area contributed by atoms with Crippen LogP contribution in [-0.2, 0) is 9.59 Å². The lowest BCUT2D eigenvalue weighted by Gasteiger charge is -2.41. The lowest BCUT2D eigenvalue weighted by Crippen LogP contribution is -2.55. The highest BCUT2D eigenvalue weighted by Gasteiger charge is 2.32. The number of rotatable bonds is 7. The first-order chi connectivity index (χ1) is 10.1. The molecule has 2 N–H and O–H groups in total. The van der Waals surface area contributed by atoms with E-state index in [4.69, 9.17) is 0 Å². The Hall–Kier alpha value is -1.14. The first-order valence-electron chi connectivity index (χ1n) is 7.97. The zero-order valence-corrected chi connectivity index (χ0v) is 12.9. The van der Waals surface area contributed by atoms with E-state index in [1.807, 2.05) is 4.90 Å². The quantitative estimate of drug-likeness (QED) is 0.684. The molecule has 6 heteroatoms. The number of carbonyl (C=O) groups excluding carboxylic acids is 2. The molecule has 6 nitrogen and oxygen atoms in total. The van der Waals surface area contributed by atoms with Gasteiger partial charge in [0.15, 0.2) is 0 Å². The third-order valence-electron chi connectivity index (χ3n) is 4.32. The van der Waals surface area contributed by atoms with Crippen LogP contribution in [0.25, 0.3) is 0 Å². The molecule has 1 saturated carbocycles. The Morgan fingerprint density at radius 3 is 2.67 bits per heavy atom. The van der Waals surface area contributed by atoms with Gasteiger partial charge in [0.2, 0.25) is 11.8 Å². The molecule has 2 fully saturated rings. The summed E-state index contributed by atoms with van der Waals surface area (Å²) in [5.74, 6) is 0.821. The second kappa shape index (κ2) is 7.75. The second-order valence-corrected chi connectivity index (χ2v) is 6.18. The number of piperazine rings is 1. The van der Waals surface area contributed by atoms with Crippen LogP contribution in [0.4, 0.5) is 0 Å². The van der Waals surface area contributed by atoms with Crippen molar-refractivity contribution in [2.45, 2.75) is 38.6 Å². The number of hydrogen-bond acceptors (Lipinski definition) is 4. The number of hydrogen-bond donors (Lipinski definition) is 2. The molecule has 1 aliphatic heterocycles. The van der Waals surface area contributed by atoms with Gasteiger partial charge in [0.05, 0.1) is 0 Å². The summed E-state index contributed by atoms with van der Waals surface area (Å²) in [6.45, 7) is 5.49. The van der Waals surface area contributed by atoms with Gasteiger partial charge in [0, 0.05) is 58.7 Å². The number of aliphatic hydroxyl groups is 1. The summed E-state index contributed by atoms with van der Waals surface area (Å²) in [4.78, 5) is 27.3. The second-order valence-electron chi connectivity index (χ2n) is 6.18. The molecule has 2 rings (SSSR count). The fourth-order valence-electron chi connectivity index (χ4n) is 2.92. The number of nitrogens with one attached hydrogen (secondary N) is 1. The van der Waals surface area contributed by atoms with Crippen LogP contribution in [0, 0.1) is 5.92 Å². The van der Waals surface area contributed by atoms with E-state index in [2.05, 4.69) is 10.2 Å². The van der Waals surface area contributed by atoms with Gasteiger partial charge >= 0.3 is 0 Å². The summed E-state index contributed by atoms with van der Waals surface area (Å²) in [5.41, 5.74) is 0.